The van der Waals surface area contributed by atoms with Gasteiger partial charge in [-0.2, -0.15) is 0 Å². The molecule has 1 aromatic carbocycles. The molecule has 2 aliphatic carbocycles. The van der Waals surface area contributed by atoms with Gasteiger partial charge in [-0.3, -0.25) is 0 Å². The van der Waals surface area contributed by atoms with Crippen molar-refractivity contribution in [3.05, 3.63) is 29.8 Å². The normalized spacial score (nSPS) is 33.2. The van der Waals surface area contributed by atoms with Crippen LogP contribution in [0.2, 0.25) is 0 Å². The van der Waals surface area contributed by atoms with Crippen molar-refractivity contribution in [3.63, 3.8) is 0 Å². The van der Waals surface area contributed by atoms with E-state index in [1.54, 1.807) is 0 Å². The molecule has 2 fully saturated rings. The molecule has 0 aliphatic heterocycles. The van der Waals surface area contributed by atoms with Gasteiger partial charge in [0.1, 0.15) is 5.75 Å². The fourth-order valence-electron chi connectivity index (χ4n) is 4.80. The third-order valence-corrected chi connectivity index (χ3v) is 6.27. The van der Waals surface area contributed by atoms with Crippen LogP contribution in [-0.4, -0.2) is 5.11 Å². The van der Waals surface area contributed by atoms with Gasteiger partial charge < -0.3 is 5.11 Å². The summed E-state index contributed by atoms with van der Waals surface area (Å²) >= 11 is 0. The van der Waals surface area contributed by atoms with Crippen LogP contribution in [0.5, 0.6) is 5.75 Å². The molecule has 0 radical (unpaired) electrons. The number of rotatable bonds is 3. The SMILES string of the molecule is CCCC1CCC2(CC1)CCC(c1ccc(O)cc1)CC2. The third-order valence-electron chi connectivity index (χ3n) is 6.27. The van der Waals surface area contributed by atoms with Crippen molar-refractivity contribution in [2.45, 2.75) is 77.0 Å². The number of phenols is 1. The molecule has 1 nitrogen and oxygen atoms in total. The highest BCUT2D eigenvalue weighted by atomic mass is 16.3. The van der Waals surface area contributed by atoms with Crippen LogP contribution in [0.4, 0.5) is 0 Å². The van der Waals surface area contributed by atoms with Gasteiger partial charge in [0.25, 0.3) is 0 Å². The van der Waals surface area contributed by atoms with E-state index in [0.717, 1.165) is 11.8 Å². The lowest BCUT2D eigenvalue weighted by Crippen LogP contribution is -2.31. The average molecular weight is 286 g/mol. The van der Waals surface area contributed by atoms with Gasteiger partial charge >= 0.3 is 0 Å². The van der Waals surface area contributed by atoms with E-state index in [-0.39, 0.29) is 0 Å². The van der Waals surface area contributed by atoms with E-state index in [1.807, 2.05) is 12.1 Å². The highest BCUT2D eigenvalue weighted by molar-refractivity contribution is 5.28. The van der Waals surface area contributed by atoms with E-state index in [4.69, 9.17) is 0 Å². The minimum atomic E-state index is 0.389. The molecule has 116 valence electrons. The van der Waals surface area contributed by atoms with E-state index in [0.29, 0.717) is 11.2 Å². The maximum atomic E-state index is 9.42. The highest BCUT2D eigenvalue weighted by Crippen LogP contribution is 2.52. The smallest absolute Gasteiger partial charge is 0.115 e. The molecule has 0 aromatic heterocycles. The summed E-state index contributed by atoms with van der Waals surface area (Å²) in [6.07, 6.45) is 14.3. The molecule has 0 unspecified atom stereocenters. The van der Waals surface area contributed by atoms with Crippen molar-refractivity contribution in [2.75, 3.05) is 0 Å². The largest absolute Gasteiger partial charge is 0.508 e. The molecule has 0 saturated heterocycles. The Balaban J connectivity index is 1.54. The van der Waals surface area contributed by atoms with Crippen LogP contribution >= 0.6 is 0 Å². The molecule has 1 aromatic rings. The van der Waals surface area contributed by atoms with E-state index in [1.165, 1.54) is 69.8 Å². The molecule has 0 bridgehead atoms. The van der Waals surface area contributed by atoms with Gasteiger partial charge in [-0.15, -0.1) is 0 Å². The monoisotopic (exact) mass is 286 g/mol. The van der Waals surface area contributed by atoms with Crippen molar-refractivity contribution < 1.29 is 5.11 Å². The summed E-state index contributed by atoms with van der Waals surface area (Å²) in [6, 6.07) is 7.93. The quantitative estimate of drug-likeness (QED) is 0.719. The van der Waals surface area contributed by atoms with Crippen LogP contribution in [-0.2, 0) is 0 Å². The fraction of sp³-hybridized carbons (Fsp3) is 0.700. The lowest BCUT2D eigenvalue weighted by Gasteiger charge is -2.45. The standard InChI is InChI=1S/C20H30O/c1-2-3-16-8-12-20(13-9-16)14-10-18(11-15-20)17-4-6-19(21)7-5-17/h4-7,16,18,21H,2-3,8-15H2,1H3. The number of hydrogen-bond acceptors (Lipinski definition) is 1. The Morgan fingerprint density at radius 3 is 2.10 bits per heavy atom. The van der Waals surface area contributed by atoms with E-state index in [9.17, 15) is 5.11 Å². The van der Waals surface area contributed by atoms with Crippen molar-refractivity contribution in [1.82, 2.24) is 0 Å². The van der Waals surface area contributed by atoms with Crippen molar-refractivity contribution in [3.8, 4) is 5.75 Å². The second-order valence-electron chi connectivity index (χ2n) is 7.60. The molecule has 2 saturated carbocycles. The van der Waals surface area contributed by atoms with Crippen molar-refractivity contribution in [1.29, 1.82) is 0 Å². The first-order valence-corrected chi connectivity index (χ1v) is 9.00. The molecule has 1 spiro atoms. The molecule has 1 heteroatoms. The van der Waals surface area contributed by atoms with E-state index in [2.05, 4.69) is 19.1 Å². The maximum absolute atomic E-state index is 9.42. The first-order valence-electron chi connectivity index (χ1n) is 9.00. The predicted molar refractivity (Wildman–Crippen MR) is 88.6 cm³/mol. The summed E-state index contributed by atoms with van der Waals surface area (Å²) in [5.74, 6) is 2.14. The molecule has 3 rings (SSSR count). The Bertz CT molecular complexity index is 429. The number of aromatic hydroxyl groups is 1. The lowest BCUT2D eigenvalue weighted by atomic mass is 9.60. The third kappa shape index (κ3) is 3.44. The Morgan fingerprint density at radius 2 is 1.52 bits per heavy atom. The zero-order valence-corrected chi connectivity index (χ0v) is 13.5. The Labute approximate surface area is 129 Å². The van der Waals surface area contributed by atoms with Crippen molar-refractivity contribution >= 4 is 0 Å². The molecular formula is C20H30O. The summed E-state index contributed by atoms with van der Waals surface area (Å²) in [6.45, 7) is 2.33. The Morgan fingerprint density at radius 1 is 0.952 bits per heavy atom. The van der Waals surface area contributed by atoms with Crippen LogP contribution < -0.4 is 0 Å². The highest BCUT2D eigenvalue weighted by Gasteiger charge is 2.38. The maximum Gasteiger partial charge on any atom is 0.115 e. The molecule has 1 N–H and O–H groups in total. The minimum absolute atomic E-state index is 0.389. The van der Waals surface area contributed by atoms with Gasteiger partial charge in [0.05, 0.1) is 0 Å². The summed E-state index contributed by atoms with van der Waals surface area (Å²) in [5, 5.41) is 9.42. The van der Waals surface area contributed by atoms with Crippen LogP contribution in [0.15, 0.2) is 24.3 Å². The van der Waals surface area contributed by atoms with Crippen LogP contribution in [0.1, 0.15) is 82.6 Å². The zero-order chi connectivity index (χ0) is 14.7. The van der Waals surface area contributed by atoms with Gasteiger partial charge in [0.15, 0.2) is 0 Å². The summed E-state index contributed by atoms with van der Waals surface area (Å²) in [5.41, 5.74) is 2.12. The second kappa shape index (κ2) is 6.42. The van der Waals surface area contributed by atoms with Gasteiger partial charge in [-0.1, -0.05) is 31.9 Å². The first-order chi connectivity index (χ1) is 10.2. The zero-order valence-electron chi connectivity index (χ0n) is 13.5. The van der Waals surface area contributed by atoms with Gasteiger partial charge in [-0.05, 0) is 86.3 Å². The summed E-state index contributed by atoms with van der Waals surface area (Å²) in [7, 11) is 0. The summed E-state index contributed by atoms with van der Waals surface area (Å²) < 4.78 is 0. The summed E-state index contributed by atoms with van der Waals surface area (Å²) in [4.78, 5) is 0. The van der Waals surface area contributed by atoms with Gasteiger partial charge in [-0.25, -0.2) is 0 Å². The molecular weight excluding hydrogens is 256 g/mol. The lowest BCUT2D eigenvalue weighted by molar-refractivity contribution is 0.0866. The minimum Gasteiger partial charge on any atom is -0.508 e. The molecule has 2 aliphatic rings. The van der Waals surface area contributed by atoms with Crippen LogP contribution in [0, 0.1) is 11.3 Å². The fourth-order valence-corrected chi connectivity index (χ4v) is 4.80. The molecule has 0 amide bonds. The van der Waals surface area contributed by atoms with Gasteiger partial charge in [0, 0.05) is 0 Å². The number of phenolic OH excluding ortho intramolecular Hbond substituents is 1. The van der Waals surface area contributed by atoms with Crippen LogP contribution in [0.3, 0.4) is 0 Å². The predicted octanol–water partition coefficient (Wildman–Crippen LogP) is 6.03. The van der Waals surface area contributed by atoms with Crippen LogP contribution in [0.25, 0.3) is 0 Å². The molecule has 21 heavy (non-hydrogen) atoms. The van der Waals surface area contributed by atoms with Crippen molar-refractivity contribution in [2.24, 2.45) is 11.3 Å². The van der Waals surface area contributed by atoms with Gasteiger partial charge in [0.2, 0.25) is 0 Å². The average Bonchev–Trinajstić information content (AvgIpc) is 2.52. The van der Waals surface area contributed by atoms with E-state index < -0.39 is 0 Å². The number of benzene rings is 1. The Hall–Kier alpha value is -0.980. The molecule has 0 atom stereocenters. The topological polar surface area (TPSA) is 20.2 Å². The number of hydrogen-bond donors (Lipinski definition) is 1. The molecule has 0 heterocycles. The first kappa shape index (κ1) is 14.9. The Kier molecular flexibility index (Phi) is 4.57. The second-order valence-corrected chi connectivity index (χ2v) is 7.60. The van der Waals surface area contributed by atoms with E-state index >= 15 is 0 Å².